The highest BCUT2D eigenvalue weighted by Gasteiger charge is 2.63. The normalized spacial score (nSPS) is 21.0. The van der Waals surface area contributed by atoms with Crippen molar-refractivity contribution < 1.29 is 4.21 Å². The number of hydrogen-bond acceptors (Lipinski definition) is 4. The Morgan fingerprint density at radius 2 is 1.71 bits per heavy atom. The van der Waals surface area contributed by atoms with Gasteiger partial charge in [0, 0.05) is 62.9 Å². The smallest absolute Gasteiger partial charge is 0.0705 e. The summed E-state index contributed by atoms with van der Waals surface area (Å²) in [5.74, 6) is 3.30. The molecule has 226 valence electrons. The zero-order chi connectivity index (χ0) is 31.4. The Balaban J connectivity index is 0.000000453. The molecule has 2 aromatic rings. The van der Waals surface area contributed by atoms with Crippen molar-refractivity contribution in [1.82, 2.24) is 9.88 Å². The van der Waals surface area contributed by atoms with E-state index in [9.17, 15) is 4.21 Å². The lowest BCUT2D eigenvalue weighted by Gasteiger charge is -2.70. The molecule has 4 nitrogen and oxygen atoms in total. The van der Waals surface area contributed by atoms with Gasteiger partial charge in [-0.3, -0.25) is 14.2 Å². The average Bonchev–Trinajstić information content (AvgIpc) is 2.88. The monoisotopic (exact) mass is 577 g/mol. The van der Waals surface area contributed by atoms with Gasteiger partial charge in [0.25, 0.3) is 0 Å². The summed E-state index contributed by atoms with van der Waals surface area (Å²) in [7, 11) is 4.13. The molecule has 3 fully saturated rings. The van der Waals surface area contributed by atoms with Crippen LogP contribution in [0.4, 0.5) is 0 Å². The van der Waals surface area contributed by atoms with Crippen molar-refractivity contribution in [3.05, 3.63) is 78.1 Å². The van der Waals surface area contributed by atoms with Crippen LogP contribution in [0.25, 0.3) is 22.4 Å². The van der Waals surface area contributed by atoms with Crippen LogP contribution < -0.4 is 0 Å². The van der Waals surface area contributed by atoms with Crippen LogP contribution in [0, 0.1) is 17.8 Å². The molecule has 41 heavy (non-hydrogen) atoms. The van der Waals surface area contributed by atoms with Crippen LogP contribution in [0.3, 0.4) is 0 Å². The van der Waals surface area contributed by atoms with E-state index in [-0.39, 0.29) is 0 Å². The molecule has 0 atom stereocenters. The molecule has 0 amide bonds. The van der Waals surface area contributed by atoms with Gasteiger partial charge >= 0.3 is 0 Å². The molecule has 0 saturated heterocycles. The van der Waals surface area contributed by atoms with Gasteiger partial charge in [-0.25, -0.2) is 0 Å². The number of rotatable bonds is 7. The summed E-state index contributed by atoms with van der Waals surface area (Å²) in [5.41, 5.74) is 9.15. The van der Waals surface area contributed by atoms with Gasteiger partial charge in [-0.2, -0.15) is 0 Å². The van der Waals surface area contributed by atoms with Crippen LogP contribution in [0.1, 0.15) is 77.1 Å². The lowest BCUT2D eigenvalue weighted by Crippen LogP contribution is -2.59. The summed E-state index contributed by atoms with van der Waals surface area (Å²) >= 11 is 0. The molecule has 1 aromatic carbocycles. The molecule has 0 aliphatic heterocycles. The van der Waals surface area contributed by atoms with Gasteiger partial charge in [-0.1, -0.05) is 77.1 Å². The fourth-order valence-electron chi connectivity index (χ4n) is 5.78. The summed E-state index contributed by atoms with van der Waals surface area (Å²) < 4.78 is 10.1. The van der Waals surface area contributed by atoms with Crippen molar-refractivity contribution in [2.45, 2.75) is 67.2 Å². The van der Waals surface area contributed by atoms with E-state index in [1.807, 2.05) is 59.0 Å². The van der Waals surface area contributed by atoms with E-state index in [2.05, 4.69) is 80.0 Å². The topological polar surface area (TPSA) is 45.6 Å². The Labute approximate surface area is 252 Å². The Morgan fingerprint density at radius 3 is 2.10 bits per heavy atom. The van der Waals surface area contributed by atoms with Crippen LogP contribution in [0.15, 0.2) is 66.3 Å². The van der Waals surface area contributed by atoms with Crippen molar-refractivity contribution in [1.29, 1.82) is 0 Å². The molecular formula is C36H55N3OS. The SMILES string of the molecule is C=C/C(=C\N(C)C)c1cccc(-c2ccc(/C(C=NC)=C/C)c(C)n2)c1.C=S(C)(C)=O.CC.CCC12CC(C)(C1)C2. The Hall–Kier alpha value is -2.92. The standard InChI is InChI=1S/C23H27N3.C8H14.C3H8OS.C2H6/c1-7-18(15-24-4)22-12-13-23(25-17(22)3)21-11-9-10-20(14-21)19(8-2)16-26(5)6;1-3-8-4-7(2,5-8)6-8;1-5(2,3)4;1-2/h7-16H,2H2,1,3-6H3;3-6H2,1-2H3;1H2,2-3H3;1-2H3/b18-7+,19-16+,24-15?;;;. The Kier molecular flexibility index (Phi) is 14.0. The Morgan fingerprint density at radius 1 is 1.12 bits per heavy atom. The molecule has 2 bridgehead atoms. The predicted molar refractivity (Wildman–Crippen MR) is 187 cm³/mol. The zero-order valence-corrected chi connectivity index (χ0v) is 28.5. The first-order valence-electron chi connectivity index (χ1n) is 14.6. The van der Waals surface area contributed by atoms with Crippen LogP contribution in [0.5, 0.6) is 0 Å². The number of benzene rings is 1. The third-order valence-corrected chi connectivity index (χ3v) is 7.24. The van der Waals surface area contributed by atoms with E-state index < -0.39 is 9.52 Å². The lowest BCUT2D eigenvalue weighted by molar-refractivity contribution is -0.191. The summed E-state index contributed by atoms with van der Waals surface area (Å²) in [6, 6.07) is 12.6. The third-order valence-electron chi connectivity index (χ3n) is 7.24. The largest absolute Gasteiger partial charge is 0.383 e. The van der Waals surface area contributed by atoms with Crippen LogP contribution in [-0.4, -0.2) is 59.8 Å². The number of hydrogen-bond donors (Lipinski definition) is 0. The second kappa shape index (κ2) is 15.9. The molecule has 1 heterocycles. The van der Waals surface area contributed by atoms with E-state index in [1.54, 1.807) is 19.6 Å². The van der Waals surface area contributed by atoms with Gasteiger partial charge < -0.3 is 4.90 Å². The van der Waals surface area contributed by atoms with Gasteiger partial charge in [0.1, 0.15) is 0 Å². The van der Waals surface area contributed by atoms with Crippen molar-refractivity contribution in [2.24, 2.45) is 15.8 Å². The van der Waals surface area contributed by atoms with Gasteiger partial charge in [0.2, 0.25) is 0 Å². The fraction of sp³-hybridized carbons (Fsp3) is 0.472. The number of allylic oxidation sites excluding steroid dienone is 4. The highest BCUT2D eigenvalue weighted by atomic mass is 32.2. The first-order valence-corrected chi connectivity index (χ1v) is 17.2. The summed E-state index contributed by atoms with van der Waals surface area (Å²) in [4.78, 5) is 11.0. The molecule has 0 radical (unpaired) electrons. The fourth-order valence-corrected chi connectivity index (χ4v) is 5.78. The number of pyridine rings is 1. The van der Waals surface area contributed by atoms with Crippen molar-refractivity contribution in [3.63, 3.8) is 0 Å². The highest BCUT2D eigenvalue weighted by molar-refractivity contribution is 7.98. The number of aromatic nitrogens is 1. The van der Waals surface area contributed by atoms with Gasteiger partial charge in [-0.05, 0) is 88.2 Å². The van der Waals surface area contributed by atoms with Crippen LogP contribution in [0.2, 0.25) is 0 Å². The predicted octanol–water partition coefficient (Wildman–Crippen LogP) is 8.82. The van der Waals surface area contributed by atoms with Gasteiger partial charge in [-0.15, -0.1) is 0 Å². The maximum absolute atomic E-state index is 10.1. The minimum Gasteiger partial charge on any atom is -0.383 e. The number of aryl methyl sites for hydroxylation is 1. The zero-order valence-electron chi connectivity index (χ0n) is 27.7. The molecule has 0 N–H and O–H groups in total. The summed E-state index contributed by atoms with van der Waals surface area (Å²) in [5, 5.41) is 0. The third kappa shape index (κ3) is 11.1. The molecule has 0 spiro atoms. The summed E-state index contributed by atoms with van der Waals surface area (Å²) in [6.45, 7) is 16.7. The van der Waals surface area contributed by atoms with Gasteiger partial charge in [0.05, 0.1) is 5.69 Å². The lowest BCUT2D eigenvalue weighted by atomic mass is 9.35. The number of aliphatic imine (C=N–C) groups is 1. The first kappa shape index (κ1) is 36.1. The molecule has 5 rings (SSSR count). The molecule has 5 heteroatoms. The molecule has 0 unspecified atom stereocenters. The van der Waals surface area contributed by atoms with Gasteiger partial charge in [0.15, 0.2) is 0 Å². The van der Waals surface area contributed by atoms with E-state index in [0.29, 0.717) is 0 Å². The van der Waals surface area contributed by atoms with Crippen molar-refractivity contribution in [2.75, 3.05) is 33.7 Å². The molecule has 3 aliphatic carbocycles. The summed E-state index contributed by atoms with van der Waals surface area (Å²) in [6.07, 6.45) is 17.1. The highest BCUT2D eigenvalue weighted by Crippen LogP contribution is 2.74. The van der Waals surface area contributed by atoms with Crippen molar-refractivity contribution in [3.8, 4) is 11.3 Å². The molecule has 3 aliphatic rings. The molecule has 3 saturated carbocycles. The maximum Gasteiger partial charge on any atom is 0.0705 e. The van der Waals surface area contributed by atoms with Crippen LogP contribution in [-0.2, 0) is 9.52 Å². The molecular weight excluding hydrogens is 522 g/mol. The maximum atomic E-state index is 10.1. The minimum absolute atomic E-state index is 0.829. The van der Waals surface area contributed by atoms with E-state index in [4.69, 9.17) is 4.98 Å². The van der Waals surface area contributed by atoms with E-state index in [1.165, 1.54) is 25.7 Å². The molecule has 1 aromatic heterocycles. The van der Waals surface area contributed by atoms with E-state index in [0.717, 1.165) is 50.1 Å². The first-order chi connectivity index (χ1) is 19.2. The second-order valence-electron chi connectivity index (χ2n) is 11.9. The minimum atomic E-state index is -1.67. The van der Waals surface area contributed by atoms with E-state index >= 15 is 0 Å². The quantitative estimate of drug-likeness (QED) is 0.188. The Bertz CT molecular complexity index is 1320. The van der Waals surface area contributed by atoms with Crippen LogP contribution >= 0.6 is 0 Å². The number of nitrogens with zero attached hydrogens (tertiary/aromatic N) is 3. The average molecular weight is 578 g/mol. The second-order valence-corrected chi connectivity index (χ2v) is 14.8. The van der Waals surface area contributed by atoms with Crippen molar-refractivity contribution >= 4 is 32.8 Å².